The van der Waals surface area contributed by atoms with Crippen LogP contribution in [0.5, 0.6) is 5.75 Å². The molecule has 0 bridgehead atoms. The molecule has 2 aliphatic rings. The summed E-state index contributed by atoms with van der Waals surface area (Å²) in [5.74, 6) is 0.713. The molecule has 4 rings (SSSR count). The number of nitrogens with zero attached hydrogens (tertiary/aromatic N) is 3. The minimum Gasteiger partial charge on any atom is -0.494 e. The Bertz CT molecular complexity index is 875. The van der Waals surface area contributed by atoms with Crippen LogP contribution < -0.4 is 15.0 Å². The SMILES string of the molecule is COc1ccc(N2CCOCC2)c2sc(NC(=O)N(C)C3CCC(OC)CC3)nc12. The van der Waals surface area contributed by atoms with E-state index in [0.717, 1.165) is 54.7 Å². The number of amides is 2. The van der Waals surface area contributed by atoms with Gasteiger partial charge >= 0.3 is 6.03 Å². The molecule has 8 nitrogen and oxygen atoms in total. The number of aromatic nitrogens is 1. The molecule has 164 valence electrons. The molecule has 30 heavy (non-hydrogen) atoms. The van der Waals surface area contributed by atoms with E-state index < -0.39 is 0 Å². The predicted octanol–water partition coefficient (Wildman–Crippen LogP) is 3.56. The van der Waals surface area contributed by atoms with Crippen LogP contribution in [0.1, 0.15) is 25.7 Å². The number of urea groups is 1. The molecule has 1 aromatic heterocycles. The largest absolute Gasteiger partial charge is 0.494 e. The molecule has 0 unspecified atom stereocenters. The lowest BCUT2D eigenvalue weighted by Gasteiger charge is -2.33. The number of rotatable bonds is 5. The fourth-order valence-corrected chi connectivity index (χ4v) is 5.27. The number of carbonyl (C=O) groups excluding carboxylic acids is 1. The number of benzene rings is 1. The standard InChI is InChI=1S/C21H30N4O4S/c1-24(14-4-6-15(27-2)7-5-14)21(26)23-20-22-18-17(28-3)9-8-16(19(18)30-20)25-10-12-29-13-11-25/h8-9,14-15H,4-7,10-13H2,1-3H3,(H,22,23,26). The van der Waals surface area contributed by atoms with Crippen LogP contribution in [0.3, 0.4) is 0 Å². The lowest BCUT2D eigenvalue weighted by Crippen LogP contribution is -2.42. The van der Waals surface area contributed by atoms with E-state index in [1.54, 1.807) is 19.1 Å². The normalized spacial score (nSPS) is 22.2. The van der Waals surface area contributed by atoms with E-state index in [1.807, 2.05) is 13.1 Å². The van der Waals surface area contributed by atoms with Crippen molar-refractivity contribution < 1.29 is 19.0 Å². The third kappa shape index (κ3) is 4.33. The van der Waals surface area contributed by atoms with Crippen molar-refractivity contribution in [3.63, 3.8) is 0 Å². The van der Waals surface area contributed by atoms with Crippen LogP contribution in [-0.2, 0) is 9.47 Å². The first-order chi connectivity index (χ1) is 14.6. The highest BCUT2D eigenvalue weighted by molar-refractivity contribution is 7.23. The van der Waals surface area contributed by atoms with Gasteiger partial charge in [-0.1, -0.05) is 11.3 Å². The van der Waals surface area contributed by atoms with Crippen LogP contribution in [0.4, 0.5) is 15.6 Å². The number of hydrogen-bond donors (Lipinski definition) is 1. The van der Waals surface area contributed by atoms with Crippen LogP contribution in [0.15, 0.2) is 12.1 Å². The molecule has 1 aliphatic carbocycles. The highest BCUT2D eigenvalue weighted by atomic mass is 32.1. The van der Waals surface area contributed by atoms with Crippen molar-refractivity contribution in [3.8, 4) is 5.75 Å². The summed E-state index contributed by atoms with van der Waals surface area (Å²) in [5, 5.41) is 3.59. The van der Waals surface area contributed by atoms with Gasteiger partial charge in [0.1, 0.15) is 11.3 Å². The first kappa shape index (κ1) is 21.1. The smallest absolute Gasteiger partial charge is 0.323 e. The van der Waals surface area contributed by atoms with Crippen molar-refractivity contribution in [1.82, 2.24) is 9.88 Å². The Balaban J connectivity index is 1.52. The molecule has 0 atom stereocenters. The predicted molar refractivity (Wildman–Crippen MR) is 119 cm³/mol. The Morgan fingerprint density at radius 1 is 1.23 bits per heavy atom. The molecule has 1 aliphatic heterocycles. The Morgan fingerprint density at radius 3 is 2.63 bits per heavy atom. The quantitative estimate of drug-likeness (QED) is 0.776. The molecule has 1 aromatic carbocycles. The molecule has 1 saturated carbocycles. The lowest BCUT2D eigenvalue weighted by atomic mass is 9.92. The number of carbonyl (C=O) groups is 1. The Morgan fingerprint density at radius 2 is 1.97 bits per heavy atom. The second-order valence-electron chi connectivity index (χ2n) is 7.79. The van der Waals surface area contributed by atoms with E-state index in [4.69, 9.17) is 14.2 Å². The maximum absolute atomic E-state index is 12.9. The summed E-state index contributed by atoms with van der Waals surface area (Å²) in [7, 11) is 5.26. The summed E-state index contributed by atoms with van der Waals surface area (Å²) >= 11 is 1.49. The summed E-state index contributed by atoms with van der Waals surface area (Å²) in [6, 6.07) is 4.11. The molecule has 1 N–H and O–H groups in total. The molecule has 0 radical (unpaired) electrons. The summed E-state index contributed by atoms with van der Waals surface area (Å²) in [6.07, 6.45) is 4.20. The highest BCUT2D eigenvalue weighted by Gasteiger charge is 2.27. The van der Waals surface area contributed by atoms with Gasteiger partial charge in [-0.25, -0.2) is 9.78 Å². The van der Waals surface area contributed by atoms with Crippen molar-refractivity contribution in [2.45, 2.75) is 37.8 Å². The average Bonchev–Trinajstić information content (AvgIpc) is 3.22. The van der Waals surface area contributed by atoms with Gasteiger partial charge in [-0.05, 0) is 37.8 Å². The van der Waals surface area contributed by atoms with Crippen LogP contribution in [0.25, 0.3) is 10.2 Å². The number of fused-ring (bicyclic) bond motifs is 1. The van der Waals surface area contributed by atoms with Crippen molar-refractivity contribution in [2.24, 2.45) is 0 Å². The van der Waals surface area contributed by atoms with E-state index in [1.165, 1.54) is 11.3 Å². The van der Waals surface area contributed by atoms with Gasteiger partial charge in [-0.2, -0.15) is 0 Å². The third-order valence-electron chi connectivity index (χ3n) is 6.12. The van der Waals surface area contributed by atoms with Gasteiger partial charge in [0.05, 0.1) is 36.8 Å². The number of thiazole rings is 1. The van der Waals surface area contributed by atoms with Crippen molar-refractivity contribution in [1.29, 1.82) is 0 Å². The fraction of sp³-hybridized carbons (Fsp3) is 0.619. The first-order valence-corrected chi connectivity index (χ1v) is 11.3. The van der Waals surface area contributed by atoms with Crippen LogP contribution >= 0.6 is 11.3 Å². The molecular weight excluding hydrogens is 404 g/mol. The Hall–Kier alpha value is -2.10. The minimum absolute atomic E-state index is 0.123. The summed E-state index contributed by atoms with van der Waals surface area (Å²) in [5.41, 5.74) is 1.89. The maximum atomic E-state index is 12.9. The van der Waals surface area contributed by atoms with Gasteiger partial charge in [0, 0.05) is 33.3 Å². The molecule has 2 heterocycles. The number of anilines is 2. The zero-order valence-corrected chi connectivity index (χ0v) is 18.7. The van der Waals surface area contributed by atoms with Crippen molar-refractivity contribution >= 4 is 38.4 Å². The van der Waals surface area contributed by atoms with E-state index in [9.17, 15) is 4.79 Å². The Kier molecular flexibility index (Phi) is 6.60. The van der Waals surface area contributed by atoms with Crippen molar-refractivity contribution in [2.75, 3.05) is 57.8 Å². The fourth-order valence-electron chi connectivity index (χ4n) is 4.26. The minimum atomic E-state index is -0.123. The number of ether oxygens (including phenoxy) is 3. The highest BCUT2D eigenvalue weighted by Crippen LogP contribution is 2.39. The van der Waals surface area contributed by atoms with Gasteiger partial charge in [0.25, 0.3) is 0 Å². The lowest BCUT2D eigenvalue weighted by molar-refractivity contribution is 0.0507. The van der Waals surface area contributed by atoms with Crippen LogP contribution in [-0.4, -0.2) is 75.6 Å². The number of morpholine rings is 1. The summed E-state index contributed by atoms with van der Waals surface area (Å²) in [4.78, 5) is 21.7. The number of methoxy groups -OCH3 is 2. The molecule has 2 aromatic rings. The molecule has 0 spiro atoms. The molecular formula is C21H30N4O4S. The Labute approximate surface area is 181 Å². The van der Waals surface area contributed by atoms with Gasteiger partial charge in [0.15, 0.2) is 5.13 Å². The monoisotopic (exact) mass is 434 g/mol. The van der Waals surface area contributed by atoms with Crippen LogP contribution in [0.2, 0.25) is 0 Å². The van der Waals surface area contributed by atoms with E-state index in [2.05, 4.69) is 21.3 Å². The molecule has 2 amide bonds. The van der Waals surface area contributed by atoms with Gasteiger partial charge < -0.3 is 24.0 Å². The zero-order valence-electron chi connectivity index (χ0n) is 17.8. The van der Waals surface area contributed by atoms with Gasteiger partial charge in [0.2, 0.25) is 0 Å². The first-order valence-electron chi connectivity index (χ1n) is 10.5. The second kappa shape index (κ2) is 9.36. The zero-order chi connectivity index (χ0) is 21.1. The maximum Gasteiger partial charge on any atom is 0.323 e. The summed E-state index contributed by atoms with van der Waals surface area (Å²) in [6.45, 7) is 3.11. The van der Waals surface area contributed by atoms with E-state index in [0.29, 0.717) is 30.2 Å². The topological polar surface area (TPSA) is 76.2 Å². The van der Waals surface area contributed by atoms with E-state index in [-0.39, 0.29) is 12.1 Å². The third-order valence-corrected chi connectivity index (χ3v) is 7.11. The summed E-state index contributed by atoms with van der Waals surface area (Å²) < 4.78 is 17.5. The molecule has 2 fully saturated rings. The van der Waals surface area contributed by atoms with Crippen LogP contribution in [0, 0.1) is 0 Å². The van der Waals surface area contributed by atoms with Crippen molar-refractivity contribution in [3.05, 3.63) is 12.1 Å². The number of hydrogen-bond acceptors (Lipinski definition) is 7. The second-order valence-corrected chi connectivity index (χ2v) is 8.79. The molecule has 1 saturated heterocycles. The van der Waals surface area contributed by atoms with E-state index >= 15 is 0 Å². The number of nitrogens with one attached hydrogen (secondary N) is 1. The van der Waals surface area contributed by atoms with Gasteiger partial charge in [-0.15, -0.1) is 0 Å². The van der Waals surface area contributed by atoms with Gasteiger partial charge in [-0.3, -0.25) is 5.32 Å². The molecule has 9 heteroatoms. The average molecular weight is 435 g/mol.